The maximum atomic E-state index is 14.2. The van der Waals surface area contributed by atoms with Gasteiger partial charge in [-0.3, -0.25) is 33.7 Å². The van der Waals surface area contributed by atoms with E-state index in [9.17, 15) is 38.7 Å². The Kier molecular flexibility index (Phi) is 43.4. The van der Waals surface area contributed by atoms with Gasteiger partial charge in [0.2, 0.25) is 0 Å². The largest absolute Gasteiger partial charge is 0.465 e. The van der Waals surface area contributed by atoms with E-state index in [0.717, 1.165) is 142 Å². The van der Waals surface area contributed by atoms with E-state index in [4.69, 9.17) is 33.2 Å². The maximum absolute atomic E-state index is 14.2. The van der Waals surface area contributed by atoms with Gasteiger partial charge in [-0.25, -0.2) is 4.79 Å². The van der Waals surface area contributed by atoms with Crippen molar-refractivity contribution in [2.45, 2.75) is 271 Å². The van der Waals surface area contributed by atoms with E-state index in [1.807, 2.05) is 12.2 Å². The number of amides is 1. The molecule has 2 aliphatic rings. The minimum Gasteiger partial charge on any atom is -0.465 e. The average Bonchev–Trinajstić information content (AvgIpc) is 3.66. The summed E-state index contributed by atoms with van der Waals surface area (Å²) < 4.78 is 40.2. The quantitative estimate of drug-likeness (QED) is 0.0260. The number of aliphatic hydroxyl groups is 1. The summed E-state index contributed by atoms with van der Waals surface area (Å²) in [4.78, 5) is 96.5. The van der Waals surface area contributed by atoms with E-state index in [1.54, 1.807) is 0 Å². The first-order valence-corrected chi connectivity index (χ1v) is 31.8. The first-order valence-electron chi connectivity index (χ1n) is 31.8. The van der Waals surface area contributed by atoms with Gasteiger partial charge in [0.1, 0.15) is 13.2 Å². The van der Waals surface area contributed by atoms with Crippen LogP contribution in [-0.4, -0.2) is 141 Å². The van der Waals surface area contributed by atoms with Crippen LogP contribution in [0.3, 0.4) is 0 Å². The van der Waals surface area contributed by atoms with Crippen LogP contribution in [0.25, 0.3) is 0 Å². The molecule has 1 fully saturated rings. The second-order valence-electron chi connectivity index (χ2n) is 22.5. The molecule has 2 heterocycles. The Morgan fingerprint density at radius 2 is 0.750 bits per heavy atom. The van der Waals surface area contributed by atoms with Crippen molar-refractivity contribution < 1.29 is 71.8 Å². The van der Waals surface area contributed by atoms with Crippen molar-refractivity contribution >= 4 is 41.9 Å². The van der Waals surface area contributed by atoms with Gasteiger partial charge < -0.3 is 43.2 Å². The summed E-state index contributed by atoms with van der Waals surface area (Å²) in [6, 6.07) is -1.43. The molecule has 80 heavy (non-hydrogen) atoms. The SMILES string of the molecule is CCCCCCCCC(=O)OCC(COC(=O)CCCCCCCC)CC(=O)OC[C@H]1CC=CC[C@@H](COC(=O)CC(COC(=O)CCCCCCCC)COC(=O)CCCCCCCC)N1C(=O)OCCCN1CCC(O)CC1. The molecule has 0 radical (unpaired) electrons. The second kappa shape index (κ2) is 48.3. The van der Waals surface area contributed by atoms with E-state index >= 15 is 0 Å². The summed E-state index contributed by atoms with van der Waals surface area (Å²) in [6.45, 7) is 9.93. The molecule has 0 aliphatic carbocycles. The maximum Gasteiger partial charge on any atom is 0.410 e. The van der Waals surface area contributed by atoms with Gasteiger partial charge in [-0.05, 0) is 57.8 Å². The fourth-order valence-electron chi connectivity index (χ4n) is 9.92. The van der Waals surface area contributed by atoms with Gasteiger partial charge in [-0.2, -0.15) is 0 Å². The zero-order valence-corrected chi connectivity index (χ0v) is 50.4. The lowest BCUT2D eigenvalue weighted by molar-refractivity contribution is -0.156. The fraction of sp³-hybridized carbons (Fsp3) is 0.857. The van der Waals surface area contributed by atoms with Crippen LogP contribution in [0.4, 0.5) is 4.79 Å². The molecule has 0 saturated carbocycles. The number of rotatable bonds is 48. The minimum atomic E-state index is -0.717. The minimum absolute atomic E-state index is 0.106. The normalized spacial score (nSPS) is 15.9. The topological polar surface area (TPSA) is 211 Å². The van der Waals surface area contributed by atoms with Gasteiger partial charge in [0, 0.05) is 57.2 Å². The highest BCUT2D eigenvalue weighted by Crippen LogP contribution is 2.23. The smallest absolute Gasteiger partial charge is 0.410 e. The van der Waals surface area contributed by atoms with Crippen molar-refractivity contribution in [3.63, 3.8) is 0 Å². The van der Waals surface area contributed by atoms with Crippen molar-refractivity contribution in [2.75, 3.05) is 65.9 Å². The zero-order chi connectivity index (χ0) is 58.3. The molecule has 1 amide bonds. The summed E-state index contributed by atoms with van der Waals surface area (Å²) in [5.74, 6) is -4.08. The van der Waals surface area contributed by atoms with Gasteiger partial charge >= 0.3 is 41.9 Å². The number of unbranched alkanes of at least 4 members (excludes halogenated alkanes) is 20. The molecule has 0 bridgehead atoms. The van der Waals surface area contributed by atoms with Crippen LogP contribution in [0, 0.1) is 11.8 Å². The average molecular weight is 1140 g/mol. The highest BCUT2D eigenvalue weighted by Gasteiger charge is 2.35. The highest BCUT2D eigenvalue weighted by atomic mass is 16.6. The van der Waals surface area contributed by atoms with E-state index in [0.29, 0.717) is 64.3 Å². The summed E-state index contributed by atoms with van der Waals surface area (Å²) in [5, 5.41) is 9.97. The monoisotopic (exact) mass is 1130 g/mol. The third kappa shape index (κ3) is 37.7. The van der Waals surface area contributed by atoms with E-state index < -0.39 is 42.0 Å². The lowest BCUT2D eigenvalue weighted by Crippen LogP contribution is -2.51. The van der Waals surface area contributed by atoms with E-state index in [1.165, 1.54) is 4.90 Å². The number of carbonyl (C=O) groups excluding carboxylic acids is 7. The second-order valence-corrected chi connectivity index (χ2v) is 22.5. The van der Waals surface area contributed by atoms with Crippen LogP contribution in [0.15, 0.2) is 12.2 Å². The summed E-state index contributed by atoms with van der Waals surface area (Å²) >= 11 is 0. The van der Waals surface area contributed by atoms with Crippen LogP contribution in [0.5, 0.6) is 0 Å². The van der Waals surface area contributed by atoms with Crippen LogP contribution >= 0.6 is 0 Å². The Morgan fingerprint density at radius 3 is 1.09 bits per heavy atom. The Balaban J connectivity index is 2.20. The number of nitrogens with zero attached hydrogens (tertiary/aromatic N) is 2. The number of hydrogen-bond donors (Lipinski definition) is 1. The van der Waals surface area contributed by atoms with Crippen LogP contribution in [0.1, 0.15) is 252 Å². The number of carbonyl (C=O) groups is 7. The predicted octanol–water partition coefficient (Wildman–Crippen LogP) is 12.6. The number of likely N-dealkylation sites (tertiary alicyclic amines) is 1. The number of hydrogen-bond acceptors (Lipinski definition) is 16. The Morgan fingerprint density at radius 1 is 0.425 bits per heavy atom. The van der Waals surface area contributed by atoms with Gasteiger partial charge in [0.25, 0.3) is 0 Å². The van der Waals surface area contributed by atoms with Crippen LogP contribution < -0.4 is 0 Å². The molecule has 0 aromatic rings. The van der Waals surface area contributed by atoms with Gasteiger partial charge in [-0.1, -0.05) is 168 Å². The molecular formula is C63H110N2O15. The third-order valence-corrected chi connectivity index (χ3v) is 15.0. The van der Waals surface area contributed by atoms with E-state index in [2.05, 4.69) is 32.6 Å². The molecule has 0 spiro atoms. The molecule has 17 heteroatoms. The molecule has 2 aliphatic heterocycles. The van der Waals surface area contributed by atoms with E-state index in [-0.39, 0.29) is 115 Å². The van der Waals surface area contributed by atoms with Crippen molar-refractivity contribution in [3.05, 3.63) is 12.2 Å². The van der Waals surface area contributed by atoms with Crippen LogP contribution in [-0.2, 0) is 61.9 Å². The molecule has 0 unspecified atom stereocenters. The molecule has 0 aromatic heterocycles. The molecule has 0 aromatic carbocycles. The Hall–Kier alpha value is -4.25. The molecular weight excluding hydrogens is 1020 g/mol. The summed E-state index contributed by atoms with van der Waals surface area (Å²) in [7, 11) is 0. The van der Waals surface area contributed by atoms with Gasteiger partial charge in [-0.15, -0.1) is 0 Å². The van der Waals surface area contributed by atoms with Crippen LogP contribution in [0.2, 0.25) is 0 Å². The van der Waals surface area contributed by atoms with Gasteiger partial charge in [0.05, 0.1) is 64.1 Å². The molecule has 2 atom stereocenters. The molecule has 1 saturated heterocycles. The summed E-state index contributed by atoms with van der Waals surface area (Å²) in [6.07, 6.45) is 30.3. The van der Waals surface area contributed by atoms with Crippen molar-refractivity contribution in [1.29, 1.82) is 0 Å². The fourth-order valence-corrected chi connectivity index (χ4v) is 9.92. The lowest BCUT2D eigenvalue weighted by Gasteiger charge is -2.35. The molecule has 1 N–H and O–H groups in total. The first kappa shape index (κ1) is 71.9. The lowest BCUT2D eigenvalue weighted by atomic mass is 10.1. The zero-order valence-electron chi connectivity index (χ0n) is 50.4. The number of ether oxygens (including phenoxy) is 7. The molecule has 462 valence electrons. The van der Waals surface area contributed by atoms with Crippen molar-refractivity contribution in [2.24, 2.45) is 11.8 Å². The van der Waals surface area contributed by atoms with Gasteiger partial charge in [0.15, 0.2) is 0 Å². The highest BCUT2D eigenvalue weighted by molar-refractivity contribution is 5.73. The Labute approximate surface area is 482 Å². The number of aliphatic hydroxyl groups excluding tert-OH is 1. The first-order chi connectivity index (χ1) is 38.9. The Bertz CT molecular complexity index is 1520. The number of piperidine rings is 1. The van der Waals surface area contributed by atoms with Crippen molar-refractivity contribution in [3.8, 4) is 0 Å². The standard InChI is InChI=1S/C63H110N2O15/c1-5-9-13-17-21-25-34-57(67)75-46-52(47-76-58(68)35-26-22-18-14-10-6-2)44-61(71)79-50-54-32-29-30-33-55(65(54)63(73)74-43-31-40-64-41-38-56(66)39-42-64)51-80-62(72)45-53(48-77-59(69)36-27-23-19-15-11-7-3)49-78-60(70)37-28-24-20-16-12-8-4/h29-30,52-56,66H,5-28,31-51H2,1-4H3/t54-,55+. The third-order valence-electron chi connectivity index (χ3n) is 15.0. The number of esters is 6. The molecule has 17 nitrogen and oxygen atoms in total. The summed E-state index contributed by atoms with van der Waals surface area (Å²) in [5.41, 5.74) is 0. The van der Waals surface area contributed by atoms with Crippen molar-refractivity contribution in [1.82, 2.24) is 9.80 Å². The predicted molar refractivity (Wildman–Crippen MR) is 309 cm³/mol. The molecule has 2 rings (SSSR count).